The first-order valence-corrected chi connectivity index (χ1v) is 46.1. The summed E-state index contributed by atoms with van der Waals surface area (Å²) in [5.74, 6) is -1.62. The number of hydrogen-bond donors (Lipinski definition) is 4. The fourth-order valence-corrected chi connectivity index (χ4v) is 12.8. The Morgan fingerprint density at radius 2 is 0.450 bits per heavy atom. The van der Waals surface area contributed by atoms with Crippen molar-refractivity contribution in [2.75, 3.05) is 39.6 Å². The molecule has 0 aliphatic heterocycles. The number of phosphoric acid groups is 2. The minimum absolute atomic E-state index is 0.0714. The highest BCUT2D eigenvalue weighted by Crippen LogP contribution is 2.45. The van der Waals surface area contributed by atoms with Crippen molar-refractivity contribution in [2.45, 2.75) is 347 Å². The van der Waals surface area contributed by atoms with Crippen molar-refractivity contribution in [3.8, 4) is 0 Å². The van der Waals surface area contributed by atoms with Gasteiger partial charge in [-0.1, -0.05) is 338 Å². The average molecular weight is 1590 g/mol. The molecular weight excluding hydrogens is 1430 g/mol. The number of allylic oxidation sites excluding steroid dienone is 30. The summed E-state index contributed by atoms with van der Waals surface area (Å²) in [6.07, 6.45) is 109. The van der Waals surface area contributed by atoms with Crippen molar-refractivity contribution in [1.82, 2.24) is 0 Å². The second-order valence-electron chi connectivity index (χ2n) is 28.2. The predicted octanol–water partition coefficient (Wildman–Crippen LogP) is 26.1. The molecule has 0 radical (unpaired) electrons. The summed E-state index contributed by atoms with van der Waals surface area (Å²) in [6, 6.07) is 0. The van der Waals surface area contributed by atoms with Crippen molar-refractivity contribution >= 4 is 33.6 Å². The normalized spacial score (nSPS) is 14.8. The highest BCUT2D eigenvalue weighted by Gasteiger charge is 2.29. The van der Waals surface area contributed by atoms with Gasteiger partial charge in [0, 0.05) is 19.3 Å². The maximum Gasteiger partial charge on any atom is 0.472 e. The number of esters is 3. The Morgan fingerprint density at radius 3 is 0.712 bits per heavy atom. The molecule has 0 saturated carbocycles. The molecule has 0 aromatic rings. The molecule has 0 spiro atoms. The SMILES string of the molecule is CC/C=C\C/C=C\C/C=C\C/C=C\C/C=C\CCCCCCCCCCCCCCCCCCCC(=O)OCC(O)COP(=O)(O)OCC(O)COP(=O)(O)OCC(COC(=O)CCCCCCC/C=C\C/C=C\C/C=C\C/C=C\C/C=C\CC)OC(=O)CCCCCCC/C=C\C/C=C\C/C=C\C/C=C\C/C=C\CC. The van der Waals surface area contributed by atoms with E-state index < -0.39 is 91.5 Å². The fraction of sp³-hybridized carbons (Fsp3) is 0.645. The molecule has 111 heavy (non-hydrogen) atoms. The Bertz CT molecular complexity index is 2750. The molecule has 16 nitrogen and oxygen atoms in total. The number of ether oxygens (including phenoxy) is 3. The van der Waals surface area contributed by atoms with E-state index in [1.165, 1.54) is 89.9 Å². The van der Waals surface area contributed by atoms with Crippen molar-refractivity contribution in [1.29, 1.82) is 0 Å². The molecule has 0 fully saturated rings. The van der Waals surface area contributed by atoms with Gasteiger partial charge in [0.2, 0.25) is 0 Å². The molecule has 0 aliphatic rings. The Hall–Kier alpha value is -5.35. The third-order valence-corrected chi connectivity index (χ3v) is 19.5. The molecule has 0 amide bonds. The number of aliphatic hydroxyl groups is 2. The maximum atomic E-state index is 13.0. The minimum Gasteiger partial charge on any atom is -0.463 e. The fourth-order valence-electron chi connectivity index (χ4n) is 11.2. The van der Waals surface area contributed by atoms with Crippen LogP contribution in [-0.2, 0) is 55.8 Å². The van der Waals surface area contributed by atoms with E-state index in [0.717, 1.165) is 180 Å². The summed E-state index contributed by atoms with van der Waals surface area (Å²) >= 11 is 0. The number of phosphoric ester groups is 2. The van der Waals surface area contributed by atoms with Gasteiger partial charge in [-0.2, -0.15) is 0 Å². The van der Waals surface area contributed by atoms with Gasteiger partial charge in [0.25, 0.3) is 0 Å². The van der Waals surface area contributed by atoms with Crippen LogP contribution in [0.1, 0.15) is 329 Å². The molecule has 5 unspecified atom stereocenters. The number of carbonyl (C=O) groups excluding carboxylic acids is 3. The molecule has 0 heterocycles. The van der Waals surface area contributed by atoms with E-state index in [-0.39, 0.29) is 19.3 Å². The zero-order valence-corrected chi connectivity index (χ0v) is 71.1. The predicted molar refractivity (Wildman–Crippen MR) is 463 cm³/mol. The smallest absolute Gasteiger partial charge is 0.463 e. The zero-order valence-electron chi connectivity index (χ0n) is 69.3. The molecule has 0 saturated heterocycles. The molecule has 0 rings (SSSR count). The molecular formula is C93H154O16P2. The highest BCUT2D eigenvalue weighted by molar-refractivity contribution is 7.47. The lowest BCUT2D eigenvalue weighted by molar-refractivity contribution is -0.161. The van der Waals surface area contributed by atoms with Gasteiger partial charge < -0.3 is 34.2 Å². The van der Waals surface area contributed by atoms with Gasteiger partial charge in [-0.05, 0) is 154 Å². The van der Waals surface area contributed by atoms with E-state index in [4.69, 9.17) is 32.3 Å². The van der Waals surface area contributed by atoms with Crippen LogP contribution < -0.4 is 0 Å². The van der Waals surface area contributed by atoms with Crippen LogP contribution >= 0.6 is 15.6 Å². The van der Waals surface area contributed by atoms with Gasteiger partial charge in [-0.25, -0.2) is 9.13 Å². The molecule has 4 N–H and O–H groups in total. The maximum absolute atomic E-state index is 13.0. The van der Waals surface area contributed by atoms with E-state index in [2.05, 4.69) is 203 Å². The molecule has 18 heteroatoms. The average Bonchev–Trinajstić information content (AvgIpc) is 0.900. The van der Waals surface area contributed by atoms with Gasteiger partial charge in [0.05, 0.1) is 26.4 Å². The second-order valence-corrected chi connectivity index (χ2v) is 31.1. The lowest BCUT2D eigenvalue weighted by Gasteiger charge is -2.21. The van der Waals surface area contributed by atoms with Crippen LogP contribution in [0.15, 0.2) is 182 Å². The summed E-state index contributed by atoms with van der Waals surface area (Å²) in [5, 5.41) is 20.7. The van der Waals surface area contributed by atoms with Crippen molar-refractivity contribution in [2.24, 2.45) is 0 Å². The summed E-state index contributed by atoms with van der Waals surface area (Å²) < 4.78 is 61.3. The van der Waals surface area contributed by atoms with Crippen molar-refractivity contribution in [3.63, 3.8) is 0 Å². The Kier molecular flexibility index (Phi) is 80.0. The Morgan fingerprint density at radius 1 is 0.252 bits per heavy atom. The van der Waals surface area contributed by atoms with Gasteiger partial charge in [0.1, 0.15) is 25.4 Å². The molecule has 0 bridgehead atoms. The van der Waals surface area contributed by atoms with Gasteiger partial charge >= 0.3 is 33.6 Å². The van der Waals surface area contributed by atoms with Gasteiger partial charge in [0.15, 0.2) is 6.10 Å². The lowest BCUT2D eigenvalue weighted by atomic mass is 10.0. The third kappa shape index (κ3) is 85.4. The number of hydrogen-bond acceptors (Lipinski definition) is 14. The Labute approximate surface area is 675 Å². The number of carbonyl (C=O) groups is 3. The number of unbranched alkanes of at least 4 members (excludes halogenated alkanes) is 27. The second kappa shape index (κ2) is 84.1. The summed E-state index contributed by atoms with van der Waals surface area (Å²) in [7, 11) is -9.82. The zero-order chi connectivity index (χ0) is 80.8. The van der Waals surface area contributed by atoms with E-state index in [1.54, 1.807) is 0 Å². The molecule has 5 atom stereocenters. The topological polar surface area (TPSA) is 231 Å². The highest BCUT2D eigenvalue weighted by atomic mass is 31.2. The van der Waals surface area contributed by atoms with E-state index in [1.807, 2.05) is 0 Å². The molecule has 0 aromatic carbocycles. The van der Waals surface area contributed by atoms with Crippen LogP contribution in [0.5, 0.6) is 0 Å². The van der Waals surface area contributed by atoms with E-state index >= 15 is 0 Å². The van der Waals surface area contributed by atoms with Crippen molar-refractivity contribution < 1.29 is 75.8 Å². The van der Waals surface area contributed by atoms with Crippen LogP contribution in [0.2, 0.25) is 0 Å². The monoisotopic (exact) mass is 1590 g/mol. The molecule has 0 aliphatic carbocycles. The summed E-state index contributed by atoms with van der Waals surface area (Å²) in [6.45, 7) is 2.31. The summed E-state index contributed by atoms with van der Waals surface area (Å²) in [4.78, 5) is 58.8. The molecule has 0 aromatic heterocycles. The van der Waals surface area contributed by atoms with E-state index in [9.17, 15) is 43.5 Å². The van der Waals surface area contributed by atoms with Crippen LogP contribution in [0.4, 0.5) is 0 Å². The summed E-state index contributed by atoms with van der Waals surface area (Å²) in [5.41, 5.74) is 0. The first kappa shape index (κ1) is 106. The number of aliphatic hydroxyl groups excluding tert-OH is 2. The lowest BCUT2D eigenvalue weighted by Crippen LogP contribution is -2.30. The first-order valence-electron chi connectivity index (χ1n) is 43.1. The minimum atomic E-state index is -4.95. The van der Waals surface area contributed by atoms with Crippen molar-refractivity contribution in [3.05, 3.63) is 182 Å². The third-order valence-electron chi connectivity index (χ3n) is 17.6. The quantitative estimate of drug-likeness (QED) is 0.0146. The Balaban J connectivity index is 4.57. The van der Waals surface area contributed by atoms with Gasteiger partial charge in [-0.3, -0.25) is 32.5 Å². The van der Waals surface area contributed by atoms with Crippen LogP contribution in [0, 0.1) is 0 Å². The van der Waals surface area contributed by atoms with Gasteiger partial charge in [-0.15, -0.1) is 0 Å². The number of rotatable bonds is 80. The van der Waals surface area contributed by atoms with Crippen LogP contribution in [0.3, 0.4) is 0 Å². The molecule has 632 valence electrons. The van der Waals surface area contributed by atoms with Crippen LogP contribution in [-0.4, -0.2) is 95.9 Å². The van der Waals surface area contributed by atoms with E-state index in [0.29, 0.717) is 19.3 Å². The first-order chi connectivity index (χ1) is 54.2. The standard InChI is InChI=1S/C93H154O16P2/c1-4-7-10-13-16-19-22-25-28-31-34-37-38-39-40-41-42-43-44-45-46-47-48-51-53-55-58-61-64-67-70-73-76-79-91(96)103-82-88(94)83-105-110(99,100)106-84-89(95)85-107-111(101,102)108-87-90(109-93(98)81-78-75-72-69-66-63-60-57-54-50-36-33-30-27-24-21-18-15-12-9-6-3)86-104-92(97)80-77-74-71-68-65-62-59-56-52-49-35-32-29-26-23-20-17-14-11-8-5-2/h7-12,16-21,25-30,34-37,39-40,49-50,56-57,59-60,88-90,94-95H,4-6,13-15,22-24,31-33,38,41-48,51-55,58,61-87H2,1-3H3,(H,99,100)(H,101,102)/b10-7-,11-8-,12-9-,19-16-,20-17-,21-18-,28-25-,29-26-,30-27-,37-34-,40-39-,49-35-,50-36-,59-56-,60-57-. The largest absolute Gasteiger partial charge is 0.472 e. The van der Waals surface area contributed by atoms with Crippen LogP contribution in [0.25, 0.3) is 0 Å².